The van der Waals surface area contributed by atoms with E-state index >= 15 is 0 Å². The maximum Gasteiger partial charge on any atom is 0.249 e. The predicted molar refractivity (Wildman–Crippen MR) is 48.3 cm³/mol. The Morgan fingerprint density at radius 2 is 2.54 bits per heavy atom. The highest BCUT2D eigenvalue weighted by atomic mass is 16.5. The molecule has 0 bridgehead atoms. The van der Waals surface area contributed by atoms with Crippen LogP contribution in [0.5, 0.6) is 0 Å². The first-order valence-corrected chi connectivity index (χ1v) is 4.80. The van der Waals surface area contributed by atoms with Crippen LogP contribution in [0.25, 0.3) is 0 Å². The summed E-state index contributed by atoms with van der Waals surface area (Å²) in [6, 6.07) is -0.128. The first-order valence-electron chi connectivity index (χ1n) is 4.80. The van der Waals surface area contributed by atoms with Crippen LogP contribution in [0.3, 0.4) is 0 Å². The van der Waals surface area contributed by atoms with Gasteiger partial charge in [-0.3, -0.25) is 4.79 Å². The van der Waals surface area contributed by atoms with Crippen LogP contribution >= 0.6 is 0 Å². The average Bonchev–Trinajstić information content (AvgIpc) is 2.66. The Balaban J connectivity index is 2.30. The molecule has 2 atom stereocenters. The summed E-state index contributed by atoms with van der Waals surface area (Å²) < 4.78 is 5.21. The molecule has 0 aromatic carbocycles. The van der Waals surface area contributed by atoms with Gasteiger partial charge in [-0.25, -0.2) is 0 Å². The van der Waals surface area contributed by atoms with Gasteiger partial charge >= 0.3 is 0 Å². The quantitative estimate of drug-likeness (QED) is 0.654. The highest BCUT2D eigenvalue weighted by Gasteiger charge is 2.24. The maximum absolute atomic E-state index is 11.4. The monoisotopic (exact) mass is 187 g/mol. The number of aliphatic hydroxyl groups is 1. The highest BCUT2D eigenvalue weighted by Crippen LogP contribution is 2.12. The second-order valence-electron chi connectivity index (χ2n) is 3.30. The van der Waals surface area contributed by atoms with E-state index in [0.717, 1.165) is 19.3 Å². The molecule has 1 heterocycles. The van der Waals surface area contributed by atoms with Gasteiger partial charge in [-0.15, -0.1) is 0 Å². The van der Waals surface area contributed by atoms with Gasteiger partial charge in [-0.1, -0.05) is 6.92 Å². The minimum absolute atomic E-state index is 0.00500. The maximum atomic E-state index is 11.4. The third-order valence-electron chi connectivity index (χ3n) is 2.28. The standard InChI is InChI=1S/C9H17NO3/c1-2-7(6-11)10-9(12)8-4-3-5-13-8/h7-8,11H,2-6H2,1H3,(H,10,12)/t7-,8?/m1/s1. The van der Waals surface area contributed by atoms with Gasteiger partial charge in [0.1, 0.15) is 6.10 Å². The highest BCUT2D eigenvalue weighted by molar-refractivity contribution is 5.81. The summed E-state index contributed by atoms with van der Waals surface area (Å²) in [5, 5.41) is 11.6. The van der Waals surface area contributed by atoms with E-state index in [1.807, 2.05) is 6.92 Å². The van der Waals surface area contributed by atoms with E-state index in [9.17, 15) is 4.79 Å². The van der Waals surface area contributed by atoms with Crippen LogP contribution in [0, 0.1) is 0 Å². The fourth-order valence-corrected chi connectivity index (χ4v) is 1.36. The van der Waals surface area contributed by atoms with E-state index in [-0.39, 0.29) is 24.7 Å². The lowest BCUT2D eigenvalue weighted by molar-refractivity contribution is -0.131. The number of carbonyl (C=O) groups excluding carboxylic acids is 1. The van der Waals surface area contributed by atoms with Crippen molar-refractivity contribution in [3.63, 3.8) is 0 Å². The van der Waals surface area contributed by atoms with Crippen LogP contribution in [0.4, 0.5) is 0 Å². The first-order chi connectivity index (χ1) is 6.27. The van der Waals surface area contributed by atoms with E-state index in [4.69, 9.17) is 9.84 Å². The number of hydrogen-bond donors (Lipinski definition) is 2. The molecule has 1 aliphatic heterocycles. The average molecular weight is 187 g/mol. The van der Waals surface area contributed by atoms with Crippen LogP contribution in [0.1, 0.15) is 26.2 Å². The Labute approximate surface area is 78.3 Å². The number of rotatable bonds is 4. The fraction of sp³-hybridized carbons (Fsp3) is 0.889. The molecule has 0 saturated carbocycles. The van der Waals surface area contributed by atoms with Gasteiger partial charge in [-0.2, -0.15) is 0 Å². The van der Waals surface area contributed by atoms with Crippen molar-refractivity contribution in [1.82, 2.24) is 5.32 Å². The molecule has 1 amide bonds. The Morgan fingerprint density at radius 3 is 3.00 bits per heavy atom. The van der Waals surface area contributed by atoms with Crippen LogP contribution in [-0.4, -0.2) is 36.4 Å². The molecule has 1 fully saturated rings. The lowest BCUT2D eigenvalue weighted by Crippen LogP contribution is -2.42. The number of carbonyl (C=O) groups is 1. The van der Waals surface area contributed by atoms with Crippen LogP contribution in [-0.2, 0) is 9.53 Å². The normalized spacial score (nSPS) is 24.3. The zero-order chi connectivity index (χ0) is 9.68. The van der Waals surface area contributed by atoms with E-state index in [0.29, 0.717) is 6.61 Å². The molecule has 1 aliphatic rings. The van der Waals surface area contributed by atoms with Gasteiger partial charge in [0.05, 0.1) is 12.6 Å². The lowest BCUT2D eigenvalue weighted by atomic mass is 10.2. The summed E-state index contributed by atoms with van der Waals surface area (Å²) in [5.74, 6) is -0.0848. The first kappa shape index (κ1) is 10.5. The molecular weight excluding hydrogens is 170 g/mol. The van der Waals surface area contributed by atoms with E-state index in [2.05, 4.69) is 5.32 Å². The van der Waals surface area contributed by atoms with Gasteiger partial charge in [0.2, 0.25) is 5.91 Å². The zero-order valence-corrected chi connectivity index (χ0v) is 7.95. The van der Waals surface area contributed by atoms with Crippen molar-refractivity contribution in [3.05, 3.63) is 0 Å². The van der Waals surface area contributed by atoms with Crippen LogP contribution < -0.4 is 5.32 Å². The minimum Gasteiger partial charge on any atom is -0.394 e. The van der Waals surface area contributed by atoms with Gasteiger partial charge in [0, 0.05) is 6.61 Å². The number of hydrogen-bond acceptors (Lipinski definition) is 3. The van der Waals surface area contributed by atoms with Gasteiger partial charge < -0.3 is 15.2 Å². The largest absolute Gasteiger partial charge is 0.394 e. The molecule has 0 aliphatic carbocycles. The third-order valence-corrected chi connectivity index (χ3v) is 2.28. The van der Waals surface area contributed by atoms with E-state index in [1.54, 1.807) is 0 Å². The fourth-order valence-electron chi connectivity index (χ4n) is 1.36. The van der Waals surface area contributed by atoms with Crippen molar-refractivity contribution in [2.45, 2.75) is 38.3 Å². The Hall–Kier alpha value is -0.610. The number of nitrogens with one attached hydrogen (secondary N) is 1. The van der Waals surface area contributed by atoms with Crippen molar-refractivity contribution in [2.75, 3.05) is 13.2 Å². The topological polar surface area (TPSA) is 58.6 Å². The van der Waals surface area contributed by atoms with Crippen molar-refractivity contribution >= 4 is 5.91 Å². The molecular formula is C9H17NO3. The summed E-state index contributed by atoms with van der Waals surface area (Å²) in [6.45, 7) is 2.60. The Bertz CT molecular complexity index is 162. The summed E-state index contributed by atoms with van der Waals surface area (Å²) in [5.41, 5.74) is 0. The molecule has 2 N–H and O–H groups in total. The molecule has 4 nitrogen and oxygen atoms in total. The van der Waals surface area contributed by atoms with Gasteiger partial charge in [0.25, 0.3) is 0 Å². The summed E-state index contributed by atoms with van der Waals surface area (Å²) in [7, 11) is 0. The molecule has 0 radical (unpaired) electrons. The SMILES string of the molecule is CC[C@H](CO)NC(=O)C1CCCO1. The van der Waals surface area contributed by atoms with Crippen LogP contribution in [0.15, 0.2) is 0 Å². The molecule has 0 aromatic rings. The Kier molecular flexibility index (Phi) is 4.18. The number of amides is 1. The minimum atomic E-state index is -0.291. The van der Waals surface area contributed by atoms with E-state index in [1.165, 1.54) is 0 Å². The van der Waals surface area contributed by atoms with E-state index < -0.39 is 0 Å². The Morgan fingerprint density at radius 1 is 1.77 bits per heavy atom. The smallest absolute Gasteiger partial charge is 0.249 e. The molecule has 13 heavy (non-hydrogen) atoms. The van der Waals surface area contributed by atoms with Crippen molar-refractivity contribution in [2.24, 2.45) is 0 Å². The van der Waals surface area contributed by atoms with Crippen molar-refractivity contribution in [1.29, 1.82) is 0 Å². The molecule has 76 valence electrons. The van der Waals surface area contributed by atoms with Crippen molar-refractivity contribution in [3.8, 4) is 0 Å². The summed E-state index contributed by atoms with van der Waals surface area (Å²) in [6.07, 6.45) is 2.21. The second-order valence-corrected chi connectivity index (χ2v) is 3.30. The number of ether oxygens (including phenoxy) is 1. The zero-order valence-electron chi connectivity index (χ0n) is 7.95. The summed E-state index contributed by atoms with van der Waals surface area (Å²) in [4.78, 5) is 11.4. The molecule has 1 saturated heterocycles. The van der Waals surface area contributed by atoms with Crippen molar-refractivity contribution < 1.29 is 14.6 Å². The van der Waals surface area contributed by atoms with Gasteiger partial charge in [0.15, 0.2) is 0 Å². The summed E-state index contributed by atoms with van der Waals surface area (Å²) >= 11 is 0. The molecule has 0 spiro atoms. The molecule has 4 heteroatoms. The lowest BCUT2D eigenvalue weighted by Gasteiger charge is -2.16. The second kappa shape index (κ2) is 5.19. The van der Waals surface area contributed by atoms with Gasteiger partial charge in [-0.05, 0) is 19.3 Å². The molecule has 1 unspecified atom stereocenters. The molecule has 1 rings (SSSR count). The van der Waals surface area contributed by atoms with Crippen LogP contribution in [0.2, 0.25) is 0 Å². The molecule has 0 aromatic heterocycles. The number of aliphatic hydroxyl groups excluding tert-OH is 1. The predicted octanol–water partition coefficient (Wildman–Crippen LogP) is 0.0525. The third kappa shape index (κ3) is 2.97.